The van der Waals surface area contributed by atoms with Gasteiger partial charge in [0, 0.05) is 44.3 Å². The van der Waals surface area contributed by atoms with Crippen molar-refractivity contribution in [2.45, 2.75) is 13.3 Å². The molecule has 0 aliphatic heterocycles. The molecular formula is C38H30Cl5N9O8. The van der Waals surface area contributed by atoms with Crippen molar-refractivity contribution in [3.8, 4) is 45.5 Å². The molecule has 0 atom stereocenters. The number of aromatic nitrogens is 8. The van der Waals surface area contributed by atoms with Crippen molar-refractivity contribution in [1.82, 2.24) is 39.0 Å². The number of nitro benzene ring substituents is 1. The van der Waals surface area contributed by atoms with Crippen LogP contribution in [-0.4, -0.2) is 72.4 Å². The quantitative estimate of drug-likeness (QED) is 0.0769. The van der Waals surface area contributed by atoms with Gasteiger partial charge in [0.15, 0.2) is 11.3 Å². The van der Waals surface area contributed by atoms with Crippen molar-refractivity contribution in [1.29, 1.82) is 0 Å². The normalized spacial score (nSPS) is 11.0. The Balaban J connectivity index is 0.000000213. The van der Waals surface area contributed by atoms with Gasteiger partial charge in [-0.05, 0) is 24.1 Å². The SMILES string of the molecule is COc1cc(OC)c(Cl)c(-c2nc3cnc(Cc4c(C)cccc4[N+](=O)[O-])nc3n(C)c2=O)c1Cl.COc1cc(OC)c(Cl)c(-c2nc3cnc(Cl)nc3n(C)c2=O)c1Cl. The molecule has 0 saturated heterocycles. The summed E-state index contributed by atoms with van der Waals surface area (Å²) in [4.78, 5) is 62.6. The Bertz CT molecular complexity index is 2940. The number of rotatable bonds is 9. The van der Waals surface area contributed by atoms with Crippen LogP contribution in [0.2, 0.25) is 25.4 Å². The number of methoxy groups -OCH3 is 4. The van der Waals surface area contributed by atoms with Gasteiger partial charge < -0.3 is 18.9 Å². The molecule has 0 spiro atoms. The molecule has 0 N–H and O–H groups in total. The first kappa shape index (κ1) is 43.7. The fourth-order valence-electron chi connectivity index (χ4n) is 6.09. The number of halogens is 5. The minimum atomic E-state index is -0.511. The number of ether oxygens (including phenoxy) is 4. The zero-order valence-corrected chi connectivity index (χ0v) is 36.2. The fourth-order valence-corrected chi connectivity index (χ4v) is 7.58. The first-order chi connectivity index (χ1) is 28.6. The summed E-state index contributed by atoms with van der Waals surface area (Å²) in [5.74, 6) is 1.43. The highest BCUT2D eigenvalue weighted by molar-refractivity contribution is 6.41. The molecule has 17 nitrogen and oxygen atoms in total. The average Bonchev–Trinajstić information content (AvgIpc) is 3.23. The van der Waals surface area contributed by atoms with Gasteiger partial charge in [-0.3, -0.25) is 28.8 Å². The number of benzene rings is 3. The third kappa shape index (κ3) is 8.05. The first-order valence-electron chi connectivity index (χ1n) is 17.1. The van der Waals surface area contributed by atoms with Gasteiger partial charge in [0.2, 0.25) is 5.28 Å². The van der Waals surface area contributed by atoms with Gasteiger partial charge >= 0.3 is 0 Å². The van der Waals surface area contributed by atoms with Gasteiger partial charge in [0.25, 0.3) is 16.8 Å². The molecule has 4 heterocycles. The van der Waals surface area contributed by atoms with Crippen LogP contribution < -0.4 is 30.1 Å². The standard InChI is InChI=1S/C23H19Cl2N5O5.C15H11Cl3N4O3/c1-11-6-5-7-14(30(32)33)12(11)8-17-26-10-13-22(28-17)29(2)23(31)21(27-13)18-19(24)15(34-3)9-16(35-4)20(18)25;1-22-13-6(5-19-15(18)21-13)20-12(14(22)23)9-10(16)7(24-2)4-8(25-3)11(9)17/h5-7,9-10H,8H2,1-4H3;4-5H,1-3H3. The van der Waals surface area contributed by atoms with Gasteiger partial charge in [-0.2, -0.15) is 4.98 Å². The van der Waals surface area contributed by atoms with Gasteiger partial charge in [-0.25, -0.2) is 24.9 Å². The molecular weight excluding hydrogens is 888 g/mol. The van der Waals surface area contributed by atoms with E-state index in [9.17, 15) is 19.7 Å². The monoisotopic (exact) mass is 915 g/mol. The van der Waals surface area contributed by atoms with Crippen molar-refractivity contribution in [2.75, 3.05) is 28.4 Å². The van der Waals surface area contributed by atoms with Gasteiger partial charge in [0.1, 0.15) is 51.2 Å². The molecule has 0 saturated carbocycles. The van der Waals surface area contributed by atoms with Crippen LogP contribution in [0.25, 0.3) is 44.8 Å². The minimum Gasteiger partial charge on any atom is -0.495 e. The Hall–Kier alpha value is -5.85. The number of nitrogens with zero attached hydrogens (tertiary/aromatic N) is 9. The molecule has 60 heavy (non-hydrogen) atoms. The van der Waals surface area contributed by atoms with Gasteiger partial charge in [0.05, 0.1) is 77.0 Å². The van der Waals surface area contributed by atoms with E-state index in [0.717, 1.165) is 5.56 Å². The van der Waals surface area contributed by atoms with E-state index < -0.39 is 16.0 Å². The van der Waals surface area contributed by atoms with E-state index in [1.807, 2.05) is 0 Å². The second-order valence-corrected chi connectivity index (χ2v) is 14.4. The summed E-state index contributed by atoms with van der Waals surface area (Å²) >= 11 is 31.5. The topological polar surface area (TPSA) is 201 Å². The zero-order chi connectivity index (χ0) is 43.7. The highest BCUT2D eigenvalue weighted by Crippen LogP contribution is 2.46. The third-order valence-corrected chi connectivity index (χ3v) is 10.9. The van der Waals surface area contributed by atoms with Crippen LogP contribution in [0.15, 0.2) is 52.3 Å². The van der Waals surface area contributed by atoms with Crippen LogP contribution in [0, 0.1) is 17.0 Å². The summed E-state index contributed by atoms with van der Waals surface area (Å²) in [6.07, 6.45) is 2.97. The van der Waals surface area contributed by atoms with E-state index in [1.54, 1.807) is 26.1 Å². The van der Waals surface area contributed by atoms with Crippen LogP contribution in [0.1, 0.15) is 17.0 Å². The number of hydrogen-bond acceptors (Lipinski definition) is 14. The van der Waals surface area contributed by atoms with Gasteiger partial charge in [-0.1, -0.05) is 58.5 Å². The van der Waals surface area contributed by atoms with E-state index in [1.165, 1.54) is 75.2 Å². The molecule has 7 aromatic rings. The Morgan fingerprint density at radius 2 is 1.10 bits per heavy atom. The lowest BCUT2D eigenvalue weighted by molar-refractivity contribution is -0.385. The molecule has 4 aromatic heterocycles. The van der Waals surface area contributed by atoms with E-state index >= 15 is 0 Å². The third-order valence-electron chi connectivity index (χ3n) is 9.17. The summed E-state index contributed by atoms with van der Waals surface area (Å²) in [5, 5.41) is 12.0. The molecule has 0 bridgehead atoms. The van der Waals surface area contributed by atoms with Crippen molar-refractivity contribution in [3.63, 3.8) is 0 Å². The maximum Gasteiger partial charge on any atom is 0.278 e. The Kier molecular flexibility index (Phi) is 13.0. The van der Waals surface area contributed by atoms with Crippen molar-refractivity contribution >= 4 is 86.0 Å². The molecule has 0 aliphatic rings. The minimum absolute atomic E-state index is 0.0103. The fraction of sp³-hybridized carbons (Fsp3) is 0.211. The molecule has 310 valence electrons. The molecule has 0 radical (unpaired) electrons. The van der Waals surface area contributed by atoms with Crippen molar-refractivity contribution < 1.29 is 23.9 Å². The summed E-state index contributed by atoms with van der Waals surface area (Å²) in [6, 6.07) is 7.88. The Labute approximate surface area is 364 Å². The maximum atomic E-state index is 13.3. The zero-order valence-electron chi connectivity index (χ0n) is 32.4. The van der Waals surface area contributed by atoms with E-state index in [2.05, 4.69) is 29.9 Å². The van der Waals surface area contributed by atoms with Crippen LogP contribution >= 0.6 is 58.0 Å². The van der Waals surface area contributed by atoms with Crippen LogP contribution in [0.5, 0.6) is 23.0 Å². The number of hydrogen-bond donors (Lipinski definition) is 0. The molecule has 22 heteroatoms. The molecule has 7 rings (SSSR count). The van der Waals surface area contributed by atoms with Crippen molar-refractivity contribution in [3.05, 3.63) is 116 Å². The lowest BCUT2D eigenvalue weighted by atomic mass is 10.0. The van der Waals surface area contributed by atoms with Crippen molar-refractivity contribution in [2.24, 2.45) is 14.1 Å². The molecule has 0 fully saturated rings. The van der Waals surface area contributed by atoms with E-state index in [0.29, 0.717) is 33.9 Å². The second-order valence-electron chi connectivity index (χ2n) is 12.6. The van der Waals surface area contributed by atoms with Crippen LogP contribution in [-0.2, 0) is 20.5 Å². The molecule has 0 amide bonds. The second kappa shape index (κ2) is 17.8. The predicted octanol–water partition coefficient (Wildman–Crippen LogP) is 7.89. The summed E-state index contributed by atoms with van der Waals surface area (Å²) < 4.78 is 23.6. The summed E-state index contributed by atoms with van der Waals surface area (Å²) in [6.45, 7) is 1.78. The lowest BCUT2D eigenvalue weighted by Gasteiger charge is -2.15. The van der Waals surface area contributed by atoms with Crippen LogP contribution in [0.3, 0.4) is 0 Å². The lowest BCUT2D eigenvalue weighted by Crippen LogP contribution is -2.22. The predicted molar refractivity (Wildman–Crippen MR) is 228 cm³/mol. The number of fused-ring (bicyclic) bond motifs is 2. The highest BCUT2D eigenvalue weighted by Gasteiger charge is 2.26. The first-order valence-corrected chi connectivity index (χ1v) is 19.0. The molecule has 3 aromatic carbocycles. The number of nitro groups is 1. The Morgan fingerprint density at radius 3 is 1.53 bits per heavy atom. The molecule has 0 unspecified atom stereocenters. The largest absolute Gasteiger partial charge is 0.495 e. The maximum absolute atomic E-state index is 13.3. The van der Waals surface area contributed by atoms with Crippen LogP contribution in [0.4, 0.5) is 5.69 Å². The smallest absolute Gasteiger partial charge is 0.278 e. The highest BCUT2D eigenvalue weighted by atomic mass is 35.5. The summed E-state index contributed by atoms with van der Waals surface area (Å²) in [7, 11) is 8.82. The van der Waals surface area contributed by atoms with E-state index in [-0.39, 0.29) is 82.8 Å². The molecule has 0 aliphatic carbocycles. The Morgan fingerprint density at radius 1 is 0.667 bits per heavy atom. The average molecular weight is 918 g/mol. The number of aryl methyl sites for hydroxylation is 3. The summed E-state index contributed by atoms with van der Waals surface area (Å²) in [5.41, 5.74) is 1.80. The van der Waals surface area contributed by atoms with Gasteiger partial charge in [-0.15, -0.1) is 0 Å². The van der Waals surface area contributed by atoms with E-state index in [4.69, 9.17) is 77.0 Å².